The molecule has 6 heteroatoms. The molecular formula is C15H21N5O. The van der Waals surface area contributed by atoms with Crippen molar-refractivity contribution < 1.29 is 4.42 Å². The predicted octanol–water partition coefficient (Wildman–Crippen LogP) is 2.33. The highest BCUT2D eigenvalue weighted by molar-refractivity contribution is 5.33. The highest BCUT2D eigenvalue weighted by atomic mass is 16.4. The molecule has 0 radical (unpaired) electrons. The van der Waals surface area contributed by atoms with Crippen molar-refractivity contribution in [3.8, 4) is 0 Å². The van der Waals surface area contributed by atoms with Crippen LogP contribution in [-0.2, 0) is 19.9 Å². The monoisotopic (exact) mass is 287 g/mol. The molecule has 2 aromatic heterocycles. The number of imidazole rings is 1. The Morgan fingerprint density at radius 3 is 2.76 bits per heavy atom. The quantitative estimate of drug-likeness (QED) is 0.848. The van der Waals surface area contributed by atoms with E-state index in [1.165, 1.54) is 24.2 Å². The number of aryl methyl sites for hydroxylation is 2. The molecule has 6 nitrogen and oxygen atoms in total. The molecule has 0 amide bonds. The minimum Gasteiger partial charge on any atom is -0.408 e. The summed E-state index contributed by atoms with van der Waals surface area (Å²) in [5, 5.41) is 8.15. The highest BCUT2D eigenvalue weighted by Gasteiger charge is 2.34. The molecule has 21 heavy (non-hydrogen) atoms. The molecule has 0 saturated carbocycles. The topological polar surface area (TPSA) is 60.0 Å². The van der Waals surface area contributed by atoms with E-state index in [1.807, 2.05) is 6.92 Å². The van der Waals surface area contributed by atoms with Crippen LogP contribution in [0.1, 0.15) is 54.8 Å². The van der Waals surface area contributed by atoms with Crippen molar-refractivity contribution in [1.82, 2.24) is 19.7 Å². The summed E-state index contributed by atoms with van der Waals surface area (Å²) in [6, 6.07) is 0.899. The lowest BCUT2D eigenvalue weighted by Gasteiger charge is -2.22. The number of hydrogen-bond acceptors (Lipinski definition) is 5. The third-order valence-electron chi connectivity index (χ3n) is 4.72. The molecule has 1 atom stereocenters. The van der Waals surface area contributed by atoms with Crippen LogP contribution in [0, 0.1) is 6.92 Å². The van der Waals surface area contributed by atoms with Gasteiger partial charge in [-0.15, -0.1) is 5.10 Å². The largest absolute Gasteiger partial charge is 0.408 e. The minimum atomic E-state index is 0.264. The molecule has 0 aromatic carbocycles. The summed E-state index contributed by atoms with van der Waals surface area (Å²) >= 11 is 0. The SMILES string of the molecule is Cc1nnc(N2CCCC2c2nc3c(n2C)CCCC3)o1. The Morgan fingerprint density at radius 1 is 1.14 bits per heavy atom. The van der Waals surface area contributed by atoms with Crippen molar-refractivity contribution in [2.75, 3.05) is 11.4 Å². The van der Waals surface area contributed by atoms with Gasteiger partial charge in [0.2, 0.25) is 5.89 Å². The summed E-state index contributed by atoms with van der Waals surface area (Å²) in [4.78, 5) is 7.16. The van der Waals surface area contributed by atoms with E-state index in [0.29, 0.717) is 11.9 Å². The fraction of sp³-hybridized carbons (Fsp3) is 0.667. The van der Waals surface area contributed by atoms with Crippen LogP contribution in [0.3, 0.4) is 0 Å². The number of hydrogen-bond donors (Lipinski definition) is 0. The first kappa shape index (κ1) is 12.9. The molecule has 1 aliphatic heterocycles. The molecule has 2 aromatic rings. The summed E-state index contributed by atoms with van der Waals surface area (Å²) in [6.07, 6.45) is 7.07. The second-order valence-electron chi connectivity index (χ2n) is 6.08. The van der Waals surface area contributed by atoms with Crippen molar-refractivity contribution in [2.45, 2.75) is 51.5 Å². The maximum Gasteiger partial charge on any atom is 0.318 e. The normalized spacial score (nSPS) is 21.8. The van der Waals surface area contributed by atoms with Crippen LogP contribution in [-0.4, -0.2) is 26.3 Å². The molecule has 0 spiro atoms. The van der Waals surface area contributed by atoms with E-state index in [4.69, 9.17) is 9.40 Å². The van der Waals surface area contributed by atoms with Gasteiger partial charge in [0.05, 0.1) is 11.7 Å². The Bertz CT molecular complexity index is 659. The van der Waals surface area contributed by atoms with E-state index in [0.717, 1.165) is 38.1 Å². The van der Waals surface area contributed by atoms with Crippen LogP contribution < -0.4 is 4.90 Å². The average molecular weight is 287 g/mol. The van der Waals surface area contributed by atoms with Gasteiger partial charge < -0.3 is 13.9 Å². The van der Waals surface area contributed by atoms with Gasteiger partial charge in [0.1, 0.15) is 5.82 Å². The predicted molar refractivity (Wildman–Crippen MR) is 78.2 cm³/mol. The number of aromatic nitrogens is 4. The van der Waals surface area contributed by atoms with Crippen LogP contribution in [0.15, 0.2) is 4.42 Å². The highest BCUT2D eigenvalue weighted by Crippen LogP contribution is 2.36. The number of anilines is 1. The summed E-state index contributed by atoms with van der Waals surface area (Å²) in [6.45, 7) is 2.80. The van der Waals surface area contributed by atoms with Gasteiger partial charge in [-0.05, 0) is 38.5 Å². The fourth-order valence-corrected chi connectivity index (χ4v) is 3.67. The Labute approximate surface area is 124 Å². The van der Waals surface area contributed by atoms with Crippen molar-refractivity contribution >= 4 is 6.01 Å². The molecule has 112 valence electrons. The third-order valence-corrected chi connectivity index (χ3v) is 4.72. The van der Waals surface area contributed by atoms with Crippen LogP contribution in [0.2, 0.25) is 0 Å². The zero-order valence-corrected chi connectivity index (χ0v) is 12.7. The molecule has 3 heterocycles. The first-order chi connectivity index (χ1) is 10.2. The minimum absolute atomic E-state index is 0.264. The first-order valence-electron chi connectivity index (χ1n) is 7.85. The average Bonchev–Trinajstić information content (AvgIpc) is 3.18. The van der Waals surface area contributed by atoms with Crippen LogP contribution in [0.25, 0.3) is 0 Å². The van der Waals surface area contributed by atoms with Gasteiger partial charge in [-0.1, -0.05) is 5.10 Å². The van der Waals surface area contributed by atoms with E-state index in [9.17, 15) is 0 Å². The van der Waals surface area contributed by atoms with Gasteiger partial charge in [0.15, 0.2) is 0 Å². The second kappa shape index (κ2) is 4.86. The van der Waals surface area contributed by atoms with Gasteiger partial charge in [0, 0.05) is 26.2 Å². The van der Waals surface area contributed by atoms with Crippen LogP contribution in [0.4, 0.5) is 6.01 Å². The van der Waals surface area contributed by atoms with Gasteiger partial charge >= 0.3 is 6.01 Å². The van der Waals surface area contributed by atoms with E-state index < -0.39 is 0 Å². The van der Waals surface area contributed by atoms with Crippen LogP contribution >= 0.6 is 0 Å². The Morgan fingerprint density at radius 2 is 2.00 bits per heavy atom. The maximum absolute atomic E-state index is 5.63. The molecule has 1 aliphatic carbocycles. The lowest BCUT2D eigenvalue weighted by atomic mass is 10.0. The van der Waals surface area contributed by atoms with Gasteiger partial charge in [-0.25, -0.2) is 4.98 Å². The van der Waals surface area contributed by atoms with Crippen LogP contribution in [0.5, 0.6) is 0 Å². The third kappa shape index (κ3) is 2.04. The Balaban J connectivity index is 1.70. The summed E-state index contributed by atoms with van der Waals surface area (Å²) in [5.41, 5.74) is 2.72. The molecule has 4 rings (SSSR count). The molecule has 2 aliphatic rings. The molecular weight excluding hydrogens is 266 g/mol. The van der Waals surface area contributed by atoms with Crippen molar-refractivity contribution in [3.63, 3.8) is 0 Å². The number of fused-ring (bicyclic) bond motifs is 1. The van der Waals surface area contributed by atoms with E-state index in [1.54, 1.807) is 0 Å². The molecule has 0 N–H and O–H groups in total. The summed E-state index contributed by atoms with van der Waals surface area (Å²) in [5.74, 6) is 1.78. The van der Waals surface area contributed by atoms with Crippen molar-refractivity contribution in [2.24, 2.45) is 7.05 Å². The second-order valence-corrected chi connectivity index (χ2v) is 6.08. The van der Waals surface area contributed by atoms with Gasteiger partial charge in [0.25, 0.3) is 0 Å². The fourth-order valence-electron chi connectivity index (χ4n) is 3.67. The van der Waals surface area contributed by atoms with Gasteiger partial charge in [-0.2, -0.15) is 0 Å². The lowest BCUT2D eigenvalue weighted by Crippen LogP contribution is -2.25. The number of rotatable bonds is 2. The zero-order valence-electron chi connectivity index (χ0n) is 12.7. The standard InChI is InChI=1S/C15H21N5O/c1-10-17-18-15(21-10)20-9-5-8-13(20)14-16-11-6-3-4-7-12(11)19(14)2/h13H,3-9H2,1-2H3. The molecule has 0 bridgehead atoms. The Hall–Kier alpha value is -1.85. The lowest BCUT2D eigenvalue weighted by molar-refractivity contribution is 0.490. The molecule has 1 fully saturated rings. The summed E-state index contributed by atoms with van der Waals surface area (Å²) in [7, 11) is 2.15. The smallest absolute Gasteiger partial charge is 0.318 e. The van der Waals surface area contributed by atoms with E-state index >= 15 is 0 Å². The van der Waals surface area contributed by atoms with Gasteiger partial charge in [-0.3, -0.25) is 0 Å². The zero-order chi connectivity index (χ0) is 14.4. The number of nitrogens with zero attached hydrogens (tertiary/aromatic N) is 5. The summed E-state index contributed by atoms with van der Waals surface area (Å²) < 4.78 is 7.93. The van der Waals surface area contributed by atoms with E-state index in [2.05, 4.69) is 26.7 Å². The van der Waals surface area contributed by atoms with Crippen molar-refractivity contribution in [3.05, 3.63) is 23.1 Å². The molecule has 1 unspecified atom stereocenters. The maximum atomic E-state index is 5.63. The Kier molecular flexibility index (Phi) is 2.97. The van der Waals surface area contributed by atoms with Crippen molar-refractivity contribution in [1.29, 1.82) is 0 Å². The molecule has 1 saturated heterocycles. The van der Waals surface area contributed by atoms with E-state index in [-0.39, 0.29) is 6.04 Å². The first-order valence-corrected chi connectivity index (χ1v) is 7.85.